The van der Waals surface area contributed by atoms with Gasteiger partial charge >= 0.3 is 0 Å². The van der Waals surface area contributed by atoms with E-state index in [0.29, 0.717) is 6.42 Å². The zero-order valence-corrected chi connectivity index (χ0v) is 16.7. The molecule has 0 aromatic heterocycles. The molecule has 4 rings (SSSR count). The van der Waals surface area contributed by atoms with Gasteiger partial charge in [0.2, 0.25) is 0 Å². The fraction of sp³-hybridized carbons (Fsp3) is 0.259. The number of hydrogen-bond donors (Lipinski definition) is 1. The first-order chi connectivity index (χ1) is 14.3. The Kier molecular flexibility index (Phi) is 6.10. The van der Waals surface area contributed by atoms with Gasteiger partial charge in [0.25, 0.3) is 0 Å². The normalized spacial score (nSPS) is 16.0. The molecule has 1 aliphatic rings. The van der Waals surface area contributed by atoms with Gasteiger partial charge < -0.3 is 5.11 Å². The summed E-state index contributed by atoms with van der Waals surface area (Å²) < 4.78 is 0. The van der Waals surface area contributed by atoms with E-state index in [1.807, 2.05) is 60.7 Å². The Bertz CT molecular complexity index is 964. The van der Waals surface area contributed by atoms with Gasteiger partial charge in [-0.1, -0.05) is 96.8 Å². The zero-order valence-electron chi connectivity index (χ0n) is 16.7. The molecule has 2 heteroatoms. The fourth-order valence-electron chi connectivity index (χ4n) is 3.95. The van der Waals surface area contributed by atoms with Crippen LogP contribution in [0.15, 0.2) is 84.9 Å². The molecule has 0 amide bonds. The van der Waals surface area contributed by atoms with Crippen molar-refractivity contribution in [2.75, 3.05) is 19.6 Å². The van der Waals surface area contributed by atoms with Gasteiger partial charge in [-0.05, 0) is 48.2 Å². The Hall–Kier alpha value is -2.86. The lowest BCUT2D eigenvalue weighted by molar-refractivity contribution is 0.0865. The van der Waals surface area contributed by atoms with Gasteiger partial charge in [-0.2, -0.15) is 0 Å². The van der Waals surface area contributed by atoms with Crippen LogP contribution in [0, 0.1) is 11.8 Å². The minimum atomic E-state index is -1.12. The Morgan fingerprint density at radius 2 is 1.24 bits per heavy atom. The third kappa shape index (κ3) is 4.59. The van der Waals surface area contributed by atoms with Crippen LogP contribution in [-0.2, 0) is 5.60 Å². The Balaban J connectivity index is 1.59. The van der Waals surface area contributed by atoms with Crippen LogP contribution in [0.25, 0.3) is 11.1 Å². The topological polar surface area (TPSA) is 23.5 Å². The van der Waals surface area contributed by atoms with E-state index in [1.165, 1.54) is 18.4 Å². The molecular weight excluding hydrogens is 354 g/mol. The second-order valence-corrected chi connectivity index (χ2v) is 7.68. The summed E-state index contributed by atoms with van der Waals surface area (Å²) in [5.41, 5.74) is 2.95. The highest BCUT2D eigenvalue weighted by Gasteiger charge is 2.30. The molecule has 146 valence electrons. The van der Waals surface area contributed by atoms with Gasteiger partial charge in [-0.15, -0.1) is 0 Å². The molecule has 1 aliphatic heterocycles. The van der Waals surface area contributed by atoms with E-state index in [4.69, 9.17) is 0 Å². The highest BCUT2D eigenvalue weighted by molar-refractivity contribution is 5.64. The van der Waals surface area contributed by atoms with E-state index in [-0.39, 0.29) is 0 Å². The molecule has 0 bridgehead atoms. The van der Waals surface area contributed by atoms with Crippen molar-refractivity contribution in [1.29, 1.82) is 0 Å². The predicted octanol–water partition coefficient (Wildman–Crippen LogP) is 5.08. The van der Waals surface area contributed by atoms with Crippen molar-refractivity contribution in [2.45, 2.75) is 24.9 Å². The second kappa shape index (κ2) is 9.09. The van der Waals surface area contributed by atoms with Crippen molar-refractivity contribution in [3.8, 4) is 23.0 Å². The summed E-state index contributed by atoms with van der Waals surface area (Å²) >= 11 is 0. The van der Waals surface area contributed by atoms with Crippen LogP contribution in [-0.4, -0.2) is 29.6 Å². The number of nitrogens with zero attached hydrogens (tertiary/aromatic N) is 1. The fourth-order valence-corrected chi connectivity index (χ4v) is 3.95. The number of benzene rings is 3. The van der Waals surface area contributed by atoms with Crippen LogP contribution in [0.1, 0.15) is 30.4 Å². The lowest BCUT2D eigenvalue weighted by Gasteiger charge is -2.27. The number of likely N-dealkylation sites (tertiary alicyclic amines) is 1. The minimum absolute atomic E-state index is 0.384. The Morgan fingerprint density at radius 1 is 0.690 bits per heavy atom. The maximum Gasteiger partial charge on any atom is 0.125 e. The molecule has 0 radical (unpaired) electrons. The third-order valence-electron chi connectivity index (χ3n) is 5.69. The van der Waals surface area contributed by atoms with Gasteiger partial charge in [0.15, 0.2) is 0 Å². The van der Waals surface area contributed by atoms with E-state index >= 15 is 0 Å². The summed E-state index contributed by atoms with van der Waals surface area (Å²) in [6.07, 6.45) is 2.92. The number of rotatable bonds is 5. The van der Waals surface area contributed by atoms with Crippen molar-refractivity contribution >= 4 is 0 Å². The molecule has 0 aliphatic carbocycles. The Morgan fingerprint density at radius 3 is 1.90 bits per heavy atom. The van der Waals surface area contributed by atoms with Gasteiger partial charge in [-0.25, -0.2) is 0 Å². The lowest BCUT2D eigenvalue weighted by atomic mass is 9.83. The van der Waals surface area contributed by atoms with Crippen molar-refractivity contribution in [2.24, 2.45) is 0 Å². The zero-order chi connectivity index (χ0) is 19.9. The highest BCUT2D eigenvalue weighted by Crippen LogP contribution is 2.34. The van der Waals surface area contributed by atoms with Crippen molar-refractivity contribution in [3.63, 3.8) is 0 Å². The van der Waals surface area contributed by atoms with Crippen molar-refractivity contribution < 1.29 is 5.11 Å². The Labute approximate surface area is 173 Å². The van der Waals surface area contributed by atoms with Gasteiger partial charge in [0, 0.05) is 6.42 Å². The predicted molar refractivity (Wildman–Crippen MR) is 119 cm³/mol. The number of hydrogen-bond acceptors (Lipinski definition) is 2. The van der Waals surface area contributed by atoms with Gasteiger partial charge in [-0.3, -0.25) is 4.90 Å². The van der Waals surface area contributed by atoms with Crippen LogP contribution < -0.4 is 0 Å². The summed E-state index contributed by atoms with van der Waals surface area (Å²) in [7, 11) is 0. The molecule has 3 aromatic rings. The molecule has 1 fully saturated rings. The summed E-state index contributed by atoms with van der Waals surface area (Å²) in [6.45, 7) is 3.06. The van der Waals surface area contributed by atoms with E-state index in [2.05, 4.69) is 41.0 Å². The standard InChI is InChI=1S/C27H27NO/c29-27(25-13-5-2-6-14-25,19-7-8-20-28-21-9-10-22-28)26-17-15-24(16-18-26)23-11-3-1-4-12-23/h1-6,11-18,29H,9-10,19-22H2/t27-/m0/s1. The largest absolute Gasteiger partial charge is 0.379 e. The second-order valence-electron chi connectivity index (χ2n) is 7.68. The molecule has 0 saturated carbocycles. The summed E-state index contributed by atoms with van der Waals surface area (Å²) in [5.74, 6) is 6.53. The quantitative estimate of drug-likeness (QED) is 0.623. The summed E-state index contributed by atoms with van der Waals surface area (Å²) in [4.78, 5) is 2.38. The van der Waals surface area contributed by atoms with Crippen molar-refractivity contribution in [3.05, 3.63) is 96.1 Å². The summed E-state index contributed by atoms with van der Waals surface area (Å²) in [6, 6.07) is 28.4. The monoisotopic (exact) mass is 381 g/mol. The van der Waals surface area contributed by atoms with Crippen LogP contribution in [0.3, 0.4) is 0 Å². The first kappa shape index (κ1) is 19.5. The smallest absolute Gasteiger partial charge is 0.125 e. The molecule has 3 aromatic carbocycles. The highest BCUT2D eigenvalue weighted by atomic mass is 16.3. The maximum absolute atomic E-state index is 11.7. The molecule has 1 atom stereocenters. The average molecular weight is 382 g/mol. The van der Waals surface area contributed by atoms with Crippen LogP contribution >= 0.6 is 0 Å². The maximum atomic E-state index is 11.7. The van der Waals surface area contributed by atoms with Crippen LogP contribution in [0.2, 0.25) is 0 Å². The molecule has 0 unspecified atom stereocenters. The average Bonchev–Trinajstić information content (AvgIpc) is 3.31. The van der Waals surface area contributed by atoms with Crippen LogP contribution in [0.5, 0.6) is 0 Å². The van der Waals surface area contributed by atoms with Gasteiger partial charge in [0.05, 0.1) is 6.54 Å². The first-order valence-electron chi connectivity index (χ1n) is 10.4. The van der Waals surface area contributed by atoms with Crippen molar-refractivity contribution in [1.82, 2.24) is 4.90 Å². The van der Waals surface area contributed by atoms with E-state index in [0.717, 1.165) is 36.3 Å². The molecule has 2 nitrogen and oxygen atoms in total. The minimum Gasteiger partial charge on any atom is -0.379 e. The number of aliphatic hydroxyl groups is 1. The lowest BCUT2D eigenvalue weighted by Crippen LogP contribution is -2.27. The van der Waals surface area contributed by atoms with E-state index in [1.54, 1.807) is 0 Å². The molecule has 1 heterocycles. The first-order valence-corrected chi connectivity index (χ1v) is 10.4. The van der Waals surface area contributed by atoms with E-state index in [9.17, 15) is 5.11 Å². The summed E-state index contributed by atoms with van der Waals surface area (Å²) in [5, 5.41) is 11.7. The molecule has 0 spiro atoms. The third-order valence-corrected chi connectivity index (χ3v) is 5.69. The SMILES string of the molecule is O[C@@](CC#CCN1CCCC1)(c1ccccc1)c1ccc(-c2ccccc2)cc1. The van der Waals surface area contributed by atoms with Crippen LogP contribution in [0.4, 0.5) is 0 Å². The molecule has 1 saturated heterocycles. The van der Waals surface area contributed by atoms with Gasteiger partial charge in [0.1, 0.15) is 5.60 Å². The molecular formula is C27H27NO. The molecule has 29 heavy (non-hydrogen) atoms. The molecule has 1 N–H and O–H groups in total. The van der Waals surface area contributed by atoms with E-state index < -0.39 is 5.60 Å².